The standard InChI is InChI=1S/C18H18BrN3O2/c19-14-5-4-6-15(13-14)20-17(23)18(24)22-11-9-21(10-12-22)16-7-2-1-3-8-16/h1-8,13H,9-12H2,(H,20,23). The van der Waals surface area contributed by atoms with Gasteiger partial charge in [0.05, 0.1) is 0 Å². The van der Waals surface area contributed by atoms with Gasteiger partial charge in [-0.3, -0.25) is 9.59 Å². The summed E-state index contributed by atoms with van der Waals surface area (Å²) in [7, 11) is 0. The number of halogens is 1. The van der Waals surface area contributed by atoms with Crippen LogP contribution in [0.1, 0.15) is 0 Å². The Morgan fingerprint density at radius 2 is 1.62 bits per heavy atom. The van der Waals surface area contributed by atoms with E-state index in [2.05, 4.69) is 38.3 Å². The number of hydrogen-bond donors (Lipinski definition) is 1. The first-order valence-corrected chi connectivity index (χ1v) is 8.58. The first kappa shape index (κ1) is 16.5. The van der Waals surface area contributed by atoms with E-state index in [0.717, 1.165) is 23.2 Å². The molecule has 0 radical (unpaired) electrons. The lowest BCUT2D eigenvalue weighted by Gasteiger charge is -2.35. The van der Waals surface area contributed by atoms with Gasteiger partial charge >= 0.3 is 11.8 Å². The third kappa shape index (κ3) is 3.94. The highest BCUT2D eigenvalue weighted by atomic mass is 79.9. The van der Waals surface area contributed by atoms with E-state index in [1.807, 2.05) is 30.3 Å². The lowest BCUT2D eigenvalue weighted by molar-refractivity contribution is -0.143. The monoisotopic (exact) mass is 387 g/mol. The van der Waals surface area contributed by atoms with Gasteiger partial charge in [-0.15, -0.1) is 0 Å². The molecule has 1 heterocycles. The highest BCUT2D eigenvalue weighted by Gasteiger charge is 2.26. The molecule has 0 aromatic heterocycles. The molecule has 0 aliphatic carbocycles. The third-order valence-corrected chi connectivity index (χ3v) is 4.46. The molecule has 6 heteroatoms. The van der Waals surface area contributed by atoms with Crippen LogP contribution < -0.4 is 10.2 Å². The van der Waals surface area contributed by atoms with Gasteiger partial charge in [-0.05, 0) is 30.3 Å². The number of amides is 2. The van der Waals surface area contributed by atoms with Crippen molar-refractivity contribution in [3.05, 3.63) is 59.1 Å². The average Bonchev–Trinajstić information content (AvgIpc) is 2.62. The van der Waals surface area contributed by atoms with Crippen LogP contribution in [-0.2, 0) is 9.59 Å². The minimum Gasteiger partial charge on any atom is -0.368 e. The molecular weight excluding hydrogens is 370 g/mol. The molecule has 0 bridgehead atoms. The van der Waals surface area contributed by atoms with Crippen LogP contribution in [0.2, 0.25) is 0 Å². The summed E-state index contributed by atoms with van der Waals surface area (Å²) in [6.45, 7) is 2.53. The van der Waals surface area contributed by atoms with Crippen molar-refractivity contribution in [1.82, 2.24) is 4.90 Å². The molecule has 24 heavy (non-hydrogen) atoms. The van der Waals surface area contributed by atoms with Crippen molar-refractivity contribution in [2.24, 2.45) is 0 Å². The van der Waals surface area contributed by atoms with Crippen molar-refractivity contribution in [2.45, 2.75) is 0 Å². The predicted molar refractivity (Wildman–Crippen MR) is 98.0 cm³/mol. The number of anilines is 2. The van der Waals surface area contributed by atoms with Gasteiger partial charge in [0.1, 0.15) is 0 Å². The van der Waals surface area contributed by atoms with E-state index >= 15 is 0 Å². The van der Waals surface area contributed by atoms with Crippen LogP contribution >= 0.6 is 15.9 Å². The Bertz CT molecular complexity index is 728. The number of hydrogen-bond acceptors (Lipinski definition) is 3. The van der Waals surface area contributed by atoms with Crippen molar-refractivity contribution in [3.8, 4) is 0 Å². The molecule has 5 nitrogen and oxygen atoms in total. The molecule has 2 aromatic carbocycles. The molecule has 1 N–H and O–H groups in total. The van der Waals surface area contributed by atoms with Crippen LogP contribution in [0.5, 0.6) is 0 Å². The predicted octanol–water partition coefficient (Wildman–Crippen LogP) is 2.74. The Kier molecular flexibility index (Phi) is 5.15. The summed E-state index contributed by atoms with van der Waals surface area (Å²) in [4.78, 5) is 28.3. The van der Waals surface area contributed by atoms with Crippen LogP contribution in [0.15, 0.2) is 59.1 Å². The SMILES string of the molecule is O=C(Nc1cccc(Br)c1)C(=O)N1CCN(c2ccccc2)CC1. The molecule has 0 saturated carbocycles. The van der Waals surface area contributed by atoms with E-state index in [1.54, 1.807) is 17.0 Å². The maximum absolute atomic E-state index is 12.3. The number of nitrogens with one attached hydrogen (secondary N) is 1. The molecule has 1 aliphatic rings. The summed E-state index contributed by atoms with van der Waals surface area (Å²) in [5, 5.41) is 2.65. The van der Waals surface area contributed by atoms with Crippen molar-refractivity contribution >= 4 is 39.1 Å². The fourth-order valence-corrected chi connectivity index (χ4v) is 3.10. The maximum Gasteiger partial charge on any atom is 0.313 e. The van der Waals surface area contributed by atoms with Gasteiger partial charge in [0.15, 0.2) is 0 Å². The number of para-hydroxylation sites is 1. The Hall–Kier alpha value is -2.34. The van der Waals surface area contributed by atoms with Crippen LogP contribution in [0.25, 0.3) is 0 Å². The van der Waals surface area contributed by atoms with Crippen LogP contribution in [0.4, 0.5) is 11.4 Å². The van der Waals surface area contributed by atoms with Gasteiger partial charge in [-0.2, -0.15) is 0 Å². The third-order valence-electron chi connectivity index (χ3n) is 3.96. The molecule has 1 saturated heterocycles. The van der Waals surface area contributed by atoms with Crippen LogP contribution in [0.3, 0.4) is 0 Å². The normalized spacial score (nSPS) is 14.4. The Morgan fingerprint density at radius 3 is 2.29 bits per heavy atom. The Labute approximate surface area is 149 Å². The number of carbonyl (C=O) groups is 2. The van der Waals surface area contributed by atoms with Crippen molar-refractivity contribution in [2.75, 3.05) is 36.4 Å². The second kappa shape index (κ2) is 7.49. The largest absolute Gasteiger partial charge is 0.368 e. The van der Waals surface area contributed by atoms with Crippen molar-refractivity contribution < 1.29 is 9.59 Å². The minimum atomic E-state index is -0.596. The van der Waals surface area contributed by atoms with E-state index < -0.39 is 11.8 Å². The highest BCUT2D eigenvalue weighted by Crippen LogP contribution is 2.17. The minimum absolute atomic E-state index is 0.484. The van der Waals surface area contributed by atoms with Gasteiger partial charge in [0, 0.05) is 42.0 Å². The molecule has 0 unspecified atom stereocenters. The van der Waals surface area contributed by atoms with Gasteiger partial charge in [0.25, 0.3) is 0 Å². The second-order valence-electron chi connectivity index (χ2n) is 5.58. The average molecular weight is 388 g/mol. The van der Waals surface area contributed by atoms with Gasteiger partial charge in [0.2, 0.25) is 0 Å². The summed E-state index contributed by atoms with van der Waals surface area (Å²) in [5.74, 6) is -1.08. The van der Waals surface area contributed by atoms with E-state index in [9.17, 15) is 9.59 Å². The molecular formula is C18H18BrN3O2. The number of rotatable bonds is 2. The number of nitrogens with zero attached hydrogens (tertiary/aromatic N) is 2. The fraction of sp³-hybridized carbons (Fsp3) is 0.222. The summed E-state index contributed by atoms with van der Waals surface area (Å²) in [5.41, 5.74) is 1.74. The molecule has 3 rings (SSSR count). The smallest absolute Gasteiger partial charge is 0.313 e. The highest BCUT2D eigenvalue weighted by molar-refractivity contribution is 9.10. The molecule has 2 amide bonds. The zero-order chi connectivity index (χ0) is 16.9. The van der Waals surface area contributed by atoms with E-state index in [1.165, 1.54) is 0 Å². The van der Waals surface area contributed by atoms with Gasteiger partial charge < -0.3 is 15.1 Å². The summed E-state index contributed by atoms with van der Waals surface area (Å²) in [6, 6.07) is 17.3. The summed E-state index contributed by atoms with van der Waals surface area (Å²) < 4.78 is 0.851. The van der Waals surface area contributed by atoms with E-state index in [0.29, 0.717) is 18.8 Å². The number of benzene rings is 2. The number of carbonyl (C=O) groups excluding carboxylic acids is 2. The van der Waals surface area contributed by atoms with E-state index in [4.69, 9.17) is 0 Å². The van der Waals surface area contributed by atoms with Gasteiger partial charge in [-0.1, -0.05) is 40.2 Å². The summed E-state index contributed by atoms with van der Waals surface area (Å²) >= 11 is 3.34. The second-order valence-corrected chi connectivity index (χ2v) is 6.49. The lowest BCUT2D eigenvalue weighted by Crippen LogP contribution is -2.51. The van der Waals surface area contributed by atoms with Crippen LogP contribution in [0, 0.1) is 0 Å². The quantitative estimate of drug-likeness (QED) is 0.806. The molecule has 1 aliphatic heterocycles. The van der Waals surface area contributed by atoms with Crippen LogP contribution in [-0.4, -0.2) is 42.9 Å². The maximum atomic E-state index is 12.3. The first-order valence-electron chi connectivity index (χ1n) is 7.79. The first-order chi connectivity index (χ1) is 11.6. The zero-order valence-corrected chi connectivity index (χ0v) is 14.7. The Morgan fingerprint density at radius 1 is 0.917 bits per heavy atom. The lowest BCUT2D eigenvalue weighted by atomic mass is 10.2. The molecule has 2 aromatic rings. The number of piperazine rings is 1. The Balaban J connectivity index is 1.56. The summed E-state index contributed by atoms with van der Waals surface area (Å²) in [6.07, 6.45) is 0. The topological polar surface area (TPSA) is 52.7 Å². The van der Waals surface area contributed by atoms with Crippen molar-refractivity contribution in [3.63, 3.8) is 0 Å². The molecule has 0 spiro atoms. The fourth-order valence-electron chi connectivity index (χ4n) is 2.70. The zero-order valence-electron chi connectivity index (χ0n) is 13.1. The molecule has 0 atom stereocenters. The molecule has 124 valence electrons. The molecule has 1 fully saturated rings. The van der Waals surface area contributed by atoms with Gasteiger partial charge in [-0.25, -0.2) is 0 Å². The van der Waals surface area contributed by atoms with E-state index in [-0.39, 0.29) is 0 Å². The van der Waals surface area contributed by atoms with Crippen molar-refractivity contribution in [1.29, 1.82) is 0 Å².